The Bertz CT molecular complexity index is 417. The van der Waals surface area contributed by atoms with Crippen molar-refractivity contribution in [1.82, 2.24) is 5.32 Å². The van der Waals surface area contributed by atoms with Gasteiger partial charge in [-0.25, -0.2) is 0 Å². The first-order chi connectivity index (χ1) is 9.08. The molecule has 5 heteroatoms. The molecule has 106 valence electrons. The fourth-order valence-electron chi connectivity index (χ4n) is 1.61. The number of hydrogen-bond acceptors (Lipinski definition) is 3. The van der Waals surface area contributed by atoms with Gasteiger partial charge in [0.25, 0.3) is 5.91 Å². The van der Waals surface area contributed by atoms with E-state index in [0.717, 1.165) is 5.56 Å². The highest BCUT2D eigenvalue weighted by Crippen LogP contribution is 2.17. The highest BCUT2D eigenvalue weighted by molar-refractivity contribution is 6.33. The number of ether oxygens (including phenoxy) is 2. The van der Waals surface area contributed by atoms with Crippen molar-refractivity contribution in [2.45, 2.75) is 27.1 Å². The summed E-state index contributed by atoms with van der Waals surface area (Å²) in [7, 11) is 0. The number of rotatable bonds is 7. The fraction of sp³-hybridized carbons (Fsp3) is 0.500. The van der Waals surface area contributed by atoms with Gasteiger partial charge < -0.3 is 14.8 Å². The van der Waals surface area contributed by atoms with Gasteiger partial charge in [0.1, 0.15) is 0 Å². The van der Waals surface area contributed by atoms with Crippen molar-refractivity contribution in [3.63, 3.8) is 0 Å². The van der Waals surface area contributed by atoms with Crippen LogP contribution in [0.5, 0.6) is 0 Å². The molecule has 0 saturated carbocycles. The molecule has 0 aliphatic heterocycles. The standard InChI is InChI=1S/C14H20ClNO3/c1-4-18-13(19-5-2)9-16-14(17)11-7-6-10(3)8-12(11)15/h6-8,13H,4-5,9H2,1-3H3,(H,16,17). The summed E-state index contributed by atoms with van der Waals surface area (Å²) >= 11 is 6.04. The minimum atomic E-state index is -0.428. The lowest BCUT2D eigenvalue weighted by molar-refractivity contribution is -0.131. The maximum absolute atomic E-state index is 12.0. The van der Waals surface area contributed by atoms with Crippen molar-refractivity contribution in [2.75, 3.05) is 19.8 Å². The largest absolute Gasteiger partial charge is 0.351 e. The number of carbonyl (C=O) groups is 1. The molecule has 1 rings (SSSR count). The van der Waals surface area contributed by atoms with Crippen molar-refractivity contribution in [1.29, 1.82) is 0 Å². The molecule has 0 heterocycles. The molecule has 0 unspecified atom stereocenters. The first kappa shape index (κ1) is 16.0. The summed E-state index contributed by atoms with van der Waals surface area (Å²) in [6.45, 7) is 7.05. The van der Waals surface area contributed by atoms with E-state index >= 15 is 0 Å². The third-order valence-electron chi connectivity index (χ3n) is 2.50. The first-order valence-corrected chi connectivity index (χ1v) is 6.73. The monoisotopic (exact) mass is 285 g/mol. The van der Waals surface area contributed by atoms with Crippen LogP contribution in [0.2, 0.25) is 5.02 Å². The Balaban J connectivity index is 2.58. The molecule has 19 heavy (non-hydrogen) atoms. The minimum absolute atomic E-state index is 0.227. The number of benzene rings is 1. The average Bonchev–Trinajstić information content (AvgIpc) is 2.36. The van der Waals surface area contributed by atoms with Crippen LogP contribution in [0.1, 0.15) is 29.8 Å². The number of halogens is 1. The third kappa shape index (κ3) is 5.19. The van der Waals surface area contributed by atoms with E-state index in [0.29, 0.717) is 30.3 Å². The molecule has 0 spiro atoms. The second-order valence-electron chi connectivity index (χ2n) is 4.03. The van der Waals surface area contributed by atoms with E-state index in [1.165, 1.54) is 0 Å². The summed E-state index contributed by atoms with van der Waals surface area (Å²) in [5.74, 6) is -0.227. The Labute approximate surface area is 119 Å². The number of nitrogens with one attached hydrogen (secondary N) is 1. The zero-order valence-corrected chi connectivity index (χ0v) is 12.3. The molecule has 0 aliphatic carbocycles. The van der Waals surface area contributed by atoms with E-state index < -0.39 is 6.29 Å². The van der Waals surface area contributed by atoms with Gasteiger partial charge in [0, 0.05) is 13.2 Å². The molecule has 0 atom stereocenters. The summed E-state index contributed by atoms with van der Waals surface area (Å²) < 4.78 is 10.7. The maximum Gasteiger partial charge on any atom is 0.252 e. The van der Waals surface area contributed by atoms with Crippen molar-refractivity contribution in [3.05, 3.63) is 34.3 Å². The highest BCUT2D eigenvalue weighted by Gasteiger charge is 2.13. The summed E-state index contributed by atoms with van der Waals surface area (Å²) in [5.41, 5.74) is 1.47. The molecule has 0 saturated heterocycles. The normalized spacial score (nSPS) is 10.8. The number of aryl methyl sites for hydroxylation is 1. The second kappa shape index (κ2) is 8.15. The average molecular weight is 286 g/mol. The van der Waals surface area contributed by atoms with Crippen LogP contribution in [-0.4, -0.2) is 32.0 Å². The number of carbonyl (C=O) groups excluding carboxylic acids is 1. The van der Waals surface area contributed by atoms with Gasteiger partial charge in [-0.05, 0) is 38.5 Å². The van der Waals surface area contributed by atoms with Crippen molar-refractivity contribution >= 4 is 17.5 Å². The molecule has 0 aromatic heterocycles. The van der Waals surface area contributed by atoms with Crippen LogP contribution >= 0.6 is 11.6 Å². The summed E-state index contributed by atoms with van der Waals surface area (Å²) in [6, 6.07) is 5.33. The van der Waals surface area contributed by atoms with E-state index in [-0.39, 0.29) is 5.91 Å². The quantitative estimate of drug-likeness (QED) is 0.784. The lowest BCUT2D eigenvalue weighted by atomic mass is 10.1. The second-order valence-corrected chi connectivity index (χ2v) is 4.44. The summed E-state index contributed by atoms with van der Waals surface area (Å²) in [4.78, 5) is 12.0. The number of hydrogen-bond donors (Lipinski definition) is 1. The summed E-state index contributed by atoms with van der Waals surface area (Å²) in [6.07, 6.45) is -0.428. The molecule has 0 aliphatic rings. The van der Waals surface area contributed by atoms with Gasteiger partial charge >= 0.3 is 0 Å². The maximum atomic E-state index is 12.0. The smallest absolute Gasteiger partial charge is 0.252 e. The van der Waals surface area contributed by atoms with Crippen molar-refractivity contribution in [3.8, 4) is 0 Å². The van der Waals surface area contributed by atoms with E-state index in [4.69, 9.17) is 21.1 Å². The molecule has 1 N–H and O–H groups in total. The van der Waals surface area contributed by atoms with Crippen molar-refractivity contribution in [2.24, 2.45) is 0 Å². The Morgan fingerprint density at radius 1 is 1.32 bits per heavy atom. The number of amides is 1. The Kier molecular flexibility index (Phi) is 6.84. The van der Waals surface area contributed by atoms with Crippen molar-refractivity contribution < 1.29 is 14.3 Å². The molecular formula is C14H20ClNO3. The Morgan fingerprint density at radius 3 is 2.47 bits per heavy atom. The molecule has 1 aromatic carbocycles. The topological polar surface area (TPSA) is 47.6 Å². The SMILES string of the molecule is CCOC(CNC(=O)c1ccc(C)cc1Cl)OCC. The van der Waals surface area contributed by atoms with Crippen LogP contribution in [0.3, 0.4) is 0 Å². The molecule has 1 aromatic rings. The minimum Gasteiger partial charge on any atom is -0.351 e. The molecule has 0 bridgehead atoms. The molecule has 1 amide bonds. The first-order valence-electron chi connectivity index (χ1n) is 6.36. The predicted octanol–water partition coefficient (Wildman–Crippen LogP) is 2.78. The molecule has 4 nitrogen and oxygen atoms in total. The van der Waals surface area contributed by atoms with Crippen LogP contribution < -0.4 is 5.32 Å². The van der Waals surface area contributed by atoms with Gasteiger partial charge in [-0.3, -0.25) is 4.79 Å². The van der Waals surface area contributed by atoms with Gasteiger partial charge in [-0.1, -0.05) is 17.7 Å². The van der Waals surface area contributed by atoms with E-state index in [1.54, 1.807) is 12.1 Å². The van der Waals surface area contributed by atoms with Gasteiger partial charge in [-0.15, -0.1) is 0 Å². The fourth-order valence-corrected chi connectivity index (χ4v) is 1.93. The van der Waals surface area contributed by atoms with Gasteiger partial charge in [0.15, 0.2) is 6.29 Å². The van der Waals surface area contributed by atoms with Crippen LogP contribution in [0.4, 0.5) is 0 Å². The van der Waals surface area contributed by atoms with E-state index in [2.05, 4.69) is 5.32 Å². The lowest BCUT2D eigenvalue weighted by Gasteiger charge is -2.17. The van der Waals surface area contributed by atoms with Gasteiger partial charge in [0.2, 0.25) is 0 Å². The predicted molar refractivity (Wildman–Crippen MR) is 75.6 cm³/mol. The van der Waals surface area contributed by atoms with Gasteiger partial charge in [-0.2, -0.15) is 0 Å². The van der Waals surface area contributed by atoms with E-state index in [1.807, 2.05) is 26.8 Å². The van der Waals surface area contributed by atoms with Crippen LogP contribution in [0, 0.1) is 6.92 Å². The molecule has 0 fully saturated rings. The van der Waals surface area contributed by atoms with Gasteiger partial charge in [0.05, 0.1) is 17.1 Å². The Morgan fingerprint density at radius 2 is 1.95 bits per heavy atom. The highest BCUT2D eigenvalue weighted by atomic mass is 35.5. The third-order valence-corrected chi connectivity index (χ3v) is 2.82. The summed E-state index contributed by atoms with van der Waals surface area (Å²) in [5, 5.41) is 3.20. The zero-order valence-electron chi connectivity index (χ0n) is 11.5. The Hall–Kier alpha value is -1.10. The zero-order chi connectivity index (χ0) is 14.3. The molecule has 0 radical (unpaired) electrons. The van der Waals surface area contributed by atoms with Crippen LogP contribution in [-0.2, 0) is 9.47 Å². The van der Waals surface area contributed by atoms with Crippen LogP contribution in [0.25, 0.3) is 0 Å². The van der Waals surface area contributed by atoms with E-state index in [9.17, 15) is 4.79 Å². The van der Waals surface area contributed by atoms with Crippen LogP contribution in [0.15, 0.2) is 18.2 Å². The molecular weight excluding hydrogens is 266 g/mol. The lowest BCUT2D eigenvalue weighted by Crippen LogP contribution is -2.35.